The second kappa shape index (κ2) is 4.81. The van der Waals surface area contributed by atoms with Gasteiger partial charge in [0, 0.05) is 25.3 Å². The van der Waals surface area contributed by atoms with Crippen molar-refractivity contribution in [2.45, 2.75) is 25.3 Å². The number of aromatic nitrogens is 1. The van der Waals surface area contributed by atoms with E-state index in [4.69, 9.17) is 5.73 Å². The number of hydrogen-bond acceptors (Lipinski definition) is 4. The van der Waals surface area contributed by atoms with Crippen molar-refractivity contribution in [1.82, 2.24) is 9.88 Å². The van der Waals surface area contributed by atoms with Crippen molar-refractivity contribution in [2.24, 2.45) is 17.6 Å². The van der Waals surface area contributed by atoms with Crippen molar-refractivity contribution < 1.29 is 9.90 Å². The highest BCUT2D eigenvalue weighted by molar-refractivity contribution is 5.94. The van der Waals surface area contributed by atoms with Gasteiger partial charge in [0.2, 0.25) is 0 Å². The molecule has 19 heavy (non-hydrogen) atoms. The predicted octanol–water partition coefficient (Wildman–Crippen LogP) is 0.987. The van der Waals surface area contributed by atoms with Crippen LogP contribution in [0.25, 0.3) is 0 Å². The van der Waals surface area contributed by atoms with Crippen LogP contribution in [0.2, 0.25) is 0 Å². The van der Waals surface area contributed by atoms with Crippen LogP contribution >= 0.6 is 0 Å². The Morgan fingerprint density at radius 3 is 2.89 bits per heavy atom. The normalized spacial score (nSPS) is 30.2. The van der Waals surface area contributed by atoms with Gasteiger partial charge < -0.3 is 15.7 Å². The fourth-order valence-electron chi connectivity index (χ4n) is 3.36. The summed E-state index contributed by atoms with van der Waals surface area (Å²) in [4.78, 5) is 18.1. The topological polar surface area (TPSA) is 79.5 Å². The number of carbonyl (C=O) groups is 1. The van der Waals surface area contributed by atoms with E-state index in [-0.39, 0.29) is 11.7 Å². The Bertz CT molecular complexity index is 491. The number of fused-ring (bicyclic) bond motifs is 1. The van der Waals surface area contributed by atoms with Crippen molar-refractivity contribution in [1.29, 1.82) is 0 Å². The summed E-state index contributed by atoms with van der Waals surface area (Å²) in [5, 5.41) is 9.40. The Kier molecular flexibility index (Phi) is 3.14. The fourth-order valence-corrected chi connectivity index (χ4v) is 3.36. The lowest BCUT2D eigenvalue weighted by Crippen LogP contribution is -2.32. The highest BCUT2D eigenvalue weighted by atomic mass is 16.3. The van der Waals surface area contributed by atoms with Gasteiger partial charge in [0.05, 0.1) is 11.8 Å². The largest absolute Gasteiger partial charge is 0.506 e. The maximum Gasteiger partial charge on any atom is 0.255 e. The summed E-state index contributed by atoms with van der Waals surface area (Å²) in [5.74, 6) is 1.13. The summed E-state index contributed by atoms with van der Waals surface area (Å²) in [6.45, 7) is 1.60. The molecule has 1 aliphatic heterocycles. The molecule has 1 amide bonds. The van der Waals surface area contributed by atoms with Gasteiger partial charge in [-0.25, -0.2) is 0 Å². The van der Waals surface area contributed by atoms with Gasteiger partial charge >= 0.3 is 0 Å². The molecule has 2 heterocycles. The van der Waals surface area contributed by atoms with Crippen LogP contribution in [0.4, 0.5) is 0 Å². The van der Waals surface area contributed by atoms with Crippen LogP contribution < -0.4 is 5.73 Å². The zero-order valence-electron chi connectivity index (χ0n) is 10.8. The number of hydrogen-bond donors (Lipinski definition) is 2. The lowest BCUT2D eigenvalue weighted by atomic mass is 9.79. The van der Waals surface area contributed by atoms with E-state index >= 15 is 0 Å². The van der Waals surface area contributed by atoms with E-state index in [9.17, 15) is 9.90 Å². The summed E-state index contributed by atoms with van der Waals surface area (Å²) < 4.78 is 0. The van der Waals surface area contributed by atoms with Crippen LogP contribution in [-0.4, -0.2) is 40.0 Å². The number of nitrogens with zero attached hydrogens (tertiary/aromatic N) is 2. The van der Waals surface area contributed by atoms with E-state index in [1.165, 1.54) is 18.5 Å². The number of rotatable bonds is 1. The molecule has 3 atom stereocenters. The van der Waals surface area contributed by atoms with Gasteiger partial charge in [0.15, 0.2) is 0 Å². The Labute approximate surface area is 112 Å². The van der Waals surface area contributed by atoms with Crippen LogP contribution in [0.15, 0.2) is 18.5 Å². The second-order valence-electron chi connectivity index (χ2n) is 5.74. The minimum absolute atomic E-state index is 0.0319. The third kappa shape index (κ3) is 2.42. The zero-order chi connectivity index (χ0) is 13.4. The summed E-state index contributed by atoms with van der Waals surface area (Å²) in [5.41, 5.74) is 6.46. The quantitative estimate of drug-likeness (QED) is 0.790. The third-order valence-electron chi connectivity index (χ3n) is 4.35. The van der Waals surface area contributed by atoms with Gasteiger partial charge in [-0.15, -0.1) is 0 Å². The highest BCUT2D eigenvalue weighted by Gasteiger charge is 2.38. The molecule has 3 rings (SSSR count). The van der Waals surface area contributed by atoms with E-state index in [0.29, 0.717) is 23.4 Å². The van der Waals surface area contributed by atoms with Crippen LogP contribution in [-0.2, 0) is 0 Å². The molecule has 1 unspecified atom stereocenters. The zero-order valence-corrected chi connectivity index (χ0v) is 10.8. The van der Waals surface area contributed by atoms with Crippen molar-refractivity contribution >= 4 is 5.91 Å². The molecule has 1 aromatic rings. The first-order chi connectivity index (χ1) is 9.13. The van der Waals surface area contributed by atoms with Crippen LogP contribution in [0, 0.1) is 11.8 Å². The highest BCUT2D eigenvalue weighted by Crippen LogP contribution is 2.36. The molecule has 1 saturated heterocycles. The first-order valence-electron chi connectivity index (χ1n) is 6.82. The molecule has 0 aromatic carbocycles. The number of pyridine rings is 1. The third-order valence-corrected chi connectivity index (χ3v) is 4.35. The molecule has 1 aliphatic carbocycles. The Balaban J connectivity index is 1.72. The molecule has 2 aliphatic rings. The van der Waals surface area contributed by atoms with E-state index < -0.39 is 0 Å². The fraction of sp³-hybridized carbons (Fsp3) is 0.571. The van der Waals surface area contributed by atoms with E-state index in [2.05, 4.69) is 4.98 Å². The smallest absolute Gasteiger partial charge is 0.255 e. The van der Waals surface area contributed by atoms with E-state index in [1.54, 1.807) is 0 Å². The number of amides is 1. The molecule has 1 aromatic heterocycles. The first kappa shape index (κ1) is 12.4. The van der Waals surface area contributed by atoms with Crippen molar-refractivity contribution in [3.63, 3.8) is 0 Å². The van der Waals surface area contributed by atoms with Crippen LogP contribution in [0.5, 0.6) is 5.75 Å². The summed E-state index contributed by atoms with van der Waals surface area (Å²) >= 11 is 0. The molecular formula is C14H19N3O2. The molecule has 1 saturated carbocycles. The SMILES string of the molecule is NC1CC[C@@H]2CN(C(=O)c3cncc(O)c3)C[C@@H]2C1. The minimum Gasteiger partial charge on any atom is -0.506 e. The van der Waals surface area contributed by atoms with E-state index in [0.717, 1.165) is 32.4 Å². The maximum atomic E-state index is 12.4. The summed E-state index contributed by atoms with van der Waals surface area (Å²) in [6, 6.07) is 1.77. The van der Waals surface area contributed by atoms with Gasteiger partial charge in [-0.1, -0.05) is 0 Å². The molecular weight excluding hydrogens is 242 g/mol. The van der Waals surface area contributed by atoms with Gasteiger partial charge in [-0.05, 0) is 37.2 Å². The molecule has 2 fully saturated rings. The average Bonchev–Trinajstić information content (AvgIpc) is 2.80. The van der Waals surface area contributed by atoms with Crippen LogP contribution in [0.1, 0.15) is 29.6 Å². The number of carbonyl (C=O) groups excluding carboxylic acids is 1. The minimum atomic E-state index is -0.0358. The van der Waals surface area contributed by atoms with Gasteiger partial charge in [-0.2, -0.15) is 0 Å². The van der Waals surface area contributed by atoms with Crippen molar-refractivity contribution in [2.75, 3.05) is 13.1 Å². The molecule has 3 N–H and O–H groups in total. The summed E-state index contributed by atoms with van der Waals surface area (Å²) in [7, 11) is 0. The van der Waals surface area contributed by atoms with Crippen molar-refractivity contribution in [3.8, 4) is 5.75 Å². The number of aromatic hydroxyl groups is 1. The van der Waals surface area contributed by atoms with Crippen LogP contribution in [0.3, 0.4) is 0 Å². The van der Waals surface area contributed by atoms with E-state index in [1.807, 2.05) is 4.90 Å². The monoisotopic (exact) mass is 261 g/mol. The van der Waals surface area contributed by atoms with Gasteiger partial charge in [-0.3, -0.25) is 9.78 Å². The molecule has 102 valence electrons. The van der Waals surface area contributed by atoms with Gasteiger partial charge in [0.25, 0.3) is 5.91 Å². The molecule has 5 heteroatoms. The Hall–Kier alpha value is -1.62. The molecule has 5 nitrogen and oxygen atoms in total. The average molecular weight is 261 g/mol. The number of likely N-dealkylation sites (tertiary alicyclic amines) is 1. The lowest BCUT2D eigenvalue weighted by Gasteiger charge is -2.27. The Morgan fingerprint density at radius 2 is 2.11 bits per heavy atom. The molecule has 0 radical (unpaired) electrons. The molecule has 0 spiro atoms. The second-order valence-corrected chi connectivity index (χ2v) is 5.74. The maximum absolute atomic E-state index is 12.4. The first-order valence-corrected chi connectivity index (χ1v) is 6.82. The predicted molar refractivity (Wildman–Crippen MR) is 70.6 cm³/mol. The molecule has 0 bridgehead atoms. The standard InChI is InChI=1S/C14H19N3O2/c15-12-2-1-9-7-17(8-11(9)3-12)14(19)10-4-13(18)6-16-5-10/h4-6,9,11-12,18H,1-3,7-8,15H2/t9-,11+,12?/m1/s1. The number of nitrogens with two attached hydrogens (primary N) is 1. The van der Waals surface area contributed by atoms with Crippen molar-refractivity contribution in [3.05, 3.63) is 24.0 Å². The summed E-state index contributed by atoms with van der Waals surface area (Å²) in [6.07, 6.45) is 6.05. The Morgan fingerprint density at radius 1 is 1.32 bits per heavy atom. The van der Waals surface area contributed by atoms with Gasteiger partial charge in [0.1, 0.15) is 5.75 Å². The lowest BCUT2D eigenvalue weighted by molar-refractivity contribution is 0.0783.